The van der Waals surface area contributed by atoms with E-state index >= 15 is 0 Å². The fraction of sp³-hybridized carbons (Fsp3) is 0. The van der Waals surface area contributed by atoms with Crippen molar-refractivity contribution in [1.82, 2.24) is 14.5 Å². The van der Waals surface area contributed by atoms with Gasteiger partial charge in [-0.2, -0.15) is 0 Å². The van der Waals surface area contributed by atoms with Crippen molar-refractivity contribution in [2.45, 2.75) is 0 Å². The van der Waals surface area contributed by atoms with Crippen molar-refractivity contribution in [3.8, 4) is 28.3 Å². The van der Waals surface area contributed by atoms with Crippen molar-refractivity contribution >= 4 is 103 Å². The summed E-state index contributed by atoms with van der Waals surface area (Å²) in [7, 11) is 0. The molecule has 63 heavy (non-hydrogen) atoms. The topological polar surface area (TPSA) is 34.0 Å². The quantitative estimate of drug-likeness (QED) is 0.168. The Balaban J connectivity index is 1.02. The lowest BCUT2D eigenvalue weighted by Gasteiger charge is -2.25. The molecule has 13 aromatic rings. The number of hydrogen-bond donors (Lipinski definition) is 0. The van der Waals surface area contributed by atoms with Crippen molar-refractivity contribution in [3.63, 3.8) is 0 Å². The van der Waals surface area contributed by atoms with Gasteiger partial charge >= 0.3 is 0 Å². The second-order valence-corrected chi connectivity index (χ2v) is 17.2. The SMILES string of the molecule is c1ccc(N(c2ccccc2)c2ccc(-c3ccc4c(c3)c3c5ccccc5ccc3n4-c3nc(-c4cc5ccccc5c5c4sc4ccccc45)c4ccccc4n3)cc2)cc1. The van der Waals surface area contributed by atoms with Gasteiger partial charge in [-0.3, -0.25) is 4.57 Å². The summed E-state index contributed by atoms with van der Waals surface area (Å²) < 4.78 is 4.79. The highest BCUT2D eigenvalue weighted by Crippen LogP contribution is 2.46. The van der Waals surface area contributed by atoms with Crippen molar-refractivity contribution in [2.24, 2.45) is 0 Å². The second-order valence-electron chi connectivity index (χ2n) is 16.1. The van der Waals surface area contributed by atoms with E-state index in [1.807, 2.05) is 11.3 Å². The third-order valence-corrected chi connectivity index (χ3v) is 13.8. The van der Waals surface area contributed by atoms with Gasteiger partial charge in [-0.25, -0.2) is 9.97 Å². The number of para-hydroxylation sites is 3. The van der Waals surface area contributed by atoms with Crippen LogP contribution in [0.5, 0.6) is 0 Å². The number of aromatic nitrogens is 3. The molecular weight excluding hydrogens is 785 g/mol. The van der Waals surface area contributed by atoms with E-state index in [4.69, 9.17) is 9.97 Å². The molecule has 10 aromatic carbocycles. The van der Waals surface area contributed by atoms with Crippen LogP contribution in [0.3, 0.4) is 0 Å². The minimum Gasteiger partial charge on any atom is -0.311 e. The summed E-state index contributed by atoms with van der Waals surface area (Å²) in [6.45, 7) is 0. The summed E-state index contributed by atoms with van der Waals surface area (Å²) in [5.41, 5.74) is 10.7. The zero-order chi connectivity index (χ0) is 41.4. The molecule has 0 aliphatic heterocycles. The van der Waals surface area contributed by atoms with Crippen LogP contribution in [0.2, 0.25) is 0 Å². The predicted molar refractivity (Wildman–Crippen MR) is 267 cm³/mol. The van der Waals surface area contributed by atoms with E-state index in [0.29, 0.717) is 5.95 Å². The standard InChI is InChI=1S/C58H36N4S/c1-3-17-41(18-4-1)61(42-19-5-2-6-20-42)43-31-27-37(28-32-43)39-30-33-51-48(35-39)54-44-21-9-7-15-38(44)29-34-52(54)62(51)58-59-50-25-13-11-23-46(50)56(60-58)49-36-40-16-8-10-22-45(40)55-47-24-12-14-26-53(47)63-57(49)55/h1-36H. The normalized spacial score (nSPS) is 11.8. The molecule has 294 valence electrons. The highest BCUT2D eigenvalue weighted by molar-refractivity contribution is 7.26. The molecule has 4 nitrogen and oxygen atoms in total. The van der Waals surface area contributed by atoms with E-state index in [1.165, 1.54) is 47.1 Å². The molecule has 5 heteroatoms. The maximum atomic E-state index is 5.63. The lowest BCUT2D eigenvalue weighted by Crippen LogP contribution is -2.09. The molecule has 0 atom stereocenters. The summed E-state index contributed by atoms with van der Waals surface area (Å²) in [6, 6.07) is 78.4. The van der Waals surface area contributed by atoms with Crippen LogP contribution in [0.25, 0.3) is 103 Å². The number of fused-ring (bicyclic) bond motifs is 11. The van der Waals surface area contributed by atoms with Crippen molar-refractivity contribution in [1.29, 1.82) is 0 Å². The lowest BCUT2D eigenvalue weighted by molar-refractivity contribution is 1.01. The zero-order valence-corrected chi connectivity index (χ0v) is 34.8. The fourth-order valence-corrected chi connectivity index (χ4v) is 10.9. The zero-order valence-electron chi connectivity index (χ0n) is 34.0. The van der Waals surface area contributed by atoms with E-state index in [1.54, 1.807) is 0 Å². The van der Waals surface area contributed by atoms with Crippen molar-refractivity contribution in [2.75, 3.05) is 4.90 Å². The molecule has 0 saturated heterocycles. The first kappa shape index (κ1) is 35.6. The molecule has 0 amide bonds. The van der Waals surface area contributed by atoms with Crippen LogP contribution >= 0.6 is 11.3 Å². The number of hydrogen-bond acceptors (Lipinski definition) is 4. The average Bonchev–Trinajstić information content (AvgIpc) is 3.91. The molecule has 0 aliphatic carbocycles. The van der Waals surface area contributed by atoms with E-state index < -0.39 is 0 Å². The van der Waals surface area contributed by atoms with Gasteiger partial charge in [0.05, 0.1) is 22.2 Å². The Bertz CT molecular complexity index is 3870. The van der Waals surface area contributed by atoms with E-state index in [-0.39, 0.29) is 0 Å². The van der Waals surface area contributed by atoms with Gasteiger partial charge in [0.25, 0.3) is 0 Å². The monoisotopic (exact) mass is 820 g/mol. The minimum absolute atomic E-state index is 0.653. The van der Waals surface area contributed by atoms with Crippen LogP contribution in [0.1, 0.15) is 0 Å². The molecule has 0 N–H and O–H groups in total. The fourth-order valence-electron chi connectivity index (χ4n) is 9.71. The van der Waals surface area contributed by atoms with E-state index in [0.717, 1.165) is 66.8 Å². The van der Waals surface area contributed by atoms with Gasteiger partial charge < -0.3 is 4.90 Å². The number of rotatable bonds is 6. The first-order valence-corrected chi connectivity index (χ1v) is 22.1. The highest BCUT2D eigenvalue weighted by Gasteiger charge is 2.22. The van der Waals surface area contributed by atoms with Gasteiger partial charge in [0, 0.05) is 59.0 Å². The van der Waals surface area contributed by atoms with Crippen LogP contribution in [0, 0.1) is 0 Å². The molecule has 13 rings (SSSR count). The molecular formula is C58H36N4S. The van der Waals surface area contributed by atoms with Gasteiger partial charge in [-0.15, -0.1) is 11.3 Å². The van der Waals surface area contributed by atoms with Crippen molar-refractivity contribution < 1.29 is 0 Å². The molecule has 3 aromatic heterocycles. The van der Waals surface area contributed by atoms with Gasteiger partial charge in [0.1, 0.15) is 0 Å². The molecule has 0 unspecified atom stereocenters. The summed E-state index contributed by atoms with van der Waals surface area (Å²) in [4.78, 5) is 13.3. The first-order chi connectivity index (χ1) is 31.2. The number of anilines is 3. The second kappa shape index (κ2) is 14.2. The van der Waals surface area contributed by atoms with Crippen LogP contribution in [0.4, 0.5) is 17.1 Å². The van der Waals surface area contributed by atoms with Crippen LogP contribution in [0.15, 0.2) is 218 Å². The summed E-state index contributed by atoms with van der Waals surface area (Å²) in [6.07, 6.45) is 0. The number of nitrogens with zero attached hydrogens (tertiary/aromatic N) is 4. The molecule has 0 bridgehead atoms. The predicted octanol–water partition coefficient (Wildman–Crippen LogP) is 16.2. The third-order valence-electron chi connectivity index (χ3n) is 12.6. The Kier molecular flexibility index (Phi) is 8.05. The van der Waals surface area contributed by atoms with Gasteiger partial charge in [-0.1, -0.05) is 146 Å². The van der Waals surface area contributed by atoms with Gasteiger partial charge in [0.15, 0.2) is 0 Å². The van der Waals surface area contributed by atoms with Crippen LogP contribution in [-0.2, 0) is 0 Å². The Morgan fingerprint density at radius 3 is 1.75 bits per heavy atom. The Morgan fingerprint density at radius 2 is 0.984 bits per heavy atom. The number of thiophene rings is 1. The molecule has 3 heterocycles. The Morgan fingerprint density at radius 1 is 0.397 bits per heavy atom. The highest BCUT2D eigenvalue weighted by atomic mass is 32.1. The number of benzene rings is 10. The molecule has 0 saturated carbocycles. The maximum Gasteiger partial charge on any atom is 0.235 e. The molecule has 0 spiro atoms. The van der Waals surface area contributed by atoms with E-state index in [9.17, 15) is 0 Å². The minimum atomic E-state index is 0.653. The molecule has 0 radical (unpaired) electrons. The molecule has 0 fully saturated rings. The van der Waals surface area contributed by atoms with Gasteiger partial charge in [0.2, 0.25) is 5.95 Å². The Hall–Kier alpha value is -8.12. The van der Waals surface area contributed by atoms with Gasteiger partial charge in [-0.05, 0) is 105 Å². The third kappa shape index (κ3) is 5.67. The first-order valence-electron chi connectivity index (χ1n) is 21.3. The molecule has 0 aliphatic rings. The lowest BCUT2D eigenvalue weighted by atomic mass is 9.97. The van der Waals surface area contributed by atoms with Crippen LogP contribution < -0.4 is 4.90 Å². The maximum absolute atomic E-state index is 5.63. The average molecular weight is 821 g/mol. The summed E-state index contributed by atoms with van der Waals surface area (Å²) in [5.74, 6) is 0.653. The Labute approximate surface area is 367 Å². The van der Waals surface area contributed by atoms with Crippen molar-refractivity contribution in [3.05, 3.63) is 218 Å². The van der Waals surface area contributed by atoms with Crippen LogP contribution in [-0.4, -0.2) is 14.5 Å². The smallest absolute Gasteiger partial charge is 0.235 e. The summed E-state index contributed by atoms with van der Waals surface area (Å²) >= 11 is 1.85. The largest absolute Gasteiger partial charge is 0.311 e. The van der Waals surface area contributed by atoms with E-state index in [2.05, 4.69) is 228 Å². The summed E-state index contributed by atoms with van der Waals surface area (Å²) in [5, 5.41) is 10.8.